The minimum absolute atomic E-state index is 0.324. The number of nitrogens with zero attached hydrogens (tertiary/aromatic N) is 1. The van der Waals surface area contributed by atoms with Crippen LogP contribution in [0, 0.1) is 0 Å². The number of hydrogen-bond donors (Lipinski definition) is 1. The molecule has 2 heterocycles. The summed E-state index contributed by atoms with van der Waals surface area (Å²) in [5.74, 6) is 3.58. The molecule has 0 bridgehead atoms. The predicted molar refractivity (Wildman–Crippen MR) is 101 cm³/mol. The fourth-order valence-corrected chi connectivity index (χ4v) is 4.51. The Labute approximate surface area is 155 Å². The zero-order valence-electron chi connectivity index (χ0n) is 15.6. The fraction of sp³-hybridized carbons (Fsp3) is 0.619. The third-order valence-electron chi connectivity index (χ3n) is 5.94. The van der Waals surface area contributed by atoms with Gasteiger partial charge in [0.2, 0.25) is 0 Å². The van der Waals surface area contributed by atoms with E-state index in [2.05, 4.69) is 22.2 Å². The van der Waals surface area contributed by atoms with E-state index in [9.17, 15) is 4.79 Å². The van der Waals surface area contributed by atoms with Crippen LogP contribution in [0.3, 0.4) is 0 Å². The lowest BCUT2D eigenvalue weighted by molar-refractivity contribution is 0.101. The number of carbonyl (C=O) groups excluding carboxylic acids is 1. The molecule has 1 saturated carbocycles. The van der Waals surface area contributed by atoms with Crippen molar-refractivity contribution < 1.29 is 14.3 Å². The zero-order valence-corrected chi connectivity index (χ0v) is 15.6. The van der Waals surface area contributed by atoms with E-state index < -0.39 is 0 Å². The van der Waals surface area contributed by atoms with Crippen molar-refractivity contribution in [3.8, 4) is 11.5 Å². The average Bonchev–Trinajstić information content (AvgIpc) is 3.34. The van der Waals surface area contributed by atoms with Crippen molar-refractivity contribution in [3.05, 3.63) is 23.3 Å². The molecule has 1 aromatic rings. The molecule has 0 aromatic heterocycles. The molecule has 2 fully saturated rings. The first kappa shape index (κ1) is 17.6. The van der Waals surface area contributed by atoms with Crippen molar-refractivity contribution in [3.63, 3.8) is 0 Å². The maximum Gasteiger partial charge on any atom is 0.190 e. The minimum Gasteiger partial charge on any atom is -0.493 e. The molecule has 1 N–H and O–H groups in total. The number of hydrogen-bond acceptors (Lipinski definition) is 5. The molecule has 1 atom stereocenters. The van der Waals surface area contributed by atoms with Crippen molar-refractivity contribution in [2.45, 2.75) is 63.8 Å². The van der Waals surface area contributed by atoms with Gasteiger partial charge in [-0.1, -0.05) is 25.3 Å². The normalized spacial score (nSPS) is 23.6. The highest BCUT2D eigenvalue weighted by molar-refractivity contribution is 5.96. The van der Waals surface area contributed by atoms with Gasteiger partial charge in [0, 0.05) is 31.2 Å². The van der Waals surface area contributed by atoms with Crippen LogP contribution in [0.15, 0.2) is 12.1 Å². The van der Waals surface area contributed by atoms with Crippen LogP contribution in [0.1, 0.15) is 56.1 Å². The minimum atomic E-state index is -0.324. The van der Waals surface area contributed by atoms with Gasteiger partial charge in [0.25, 0.3) is 0 Å². The summed E-state index contributed by atoms with van der Waals surface area (Å²) in [5.41, 5.74) is 2.62. The van der Waals surface area contributed by atoms with Gasteiger partial charge in [-0.3, -0.25) is 4.90 Å². The van der Waals surface area contributed by atoms with Crippen molar-refractivity contribution in [1.82, 2.24) is 10.2 Å². The molecule has 0 amide bonds. The largest absolute Gasteiger partial charge is 0.493 e. The molecule has 3 aliphatic rings. The number of ether oxygens (including phenoxy) is 2. The predicted octanol–water partition coefficient (Wildman–Crippen LogP) is 3.15. The zero-order chi connectivity index (χ0) is 17.9. The number of benzene rings is 1. The molecule has 5 heteroatoms. The van der Waals surface area contributed by atoms with Gasteiger partial charge in [-0.05, 0) is 37.3 Å². The van der Waals surface area contributed by atoms with Crippen LogP contribution >= 0.6 is 0 Å². The Balaban J connectivity index is 1.61. The van der Waals surface area contributed by atoms with Gasteiger partial charge >= 0.3 is 0 Å². The summed E-state index contributed by atoms with van der Waals surface area (Å²) in [4.78, 5) is 14.1. The molecule has 1 unspecified atom stereocenters. The third-order valence-corrected chi connectivity index (χ3v) is 5.94. The van der Waals surface area contributed by atoms with Gasteiger partial charge in [-0.15, -0.1) is 0 Å². The Morgan fingerprint density at radius 1 is 1.19 bits per heavy atom. The molecule has 5 nitrogen and oxygen atoms in total. The van der Waals surface area contributed by atoms with Gasteiger partial charge in [0.15, 0.2) is 17.7 Å². The first-order valence-corrected chi connectivity index (χ1v) is 9.91. The van der Waals surface area contributed by atoms with E-state index in [0.29, 0.717) is 23.1 Å². The summed E-state index contributed by atoms with van der Waals surface area (Å²) in [5, 5.41) is 3.68. The monoisotopic (exact) mass is 356 g/mol. The van der Waals surface area contributed by atoms with Crippen LogP contribution in [0.2, 0.25) is 0 Å². The molecule has 2 aliphatic heterocycles. The van der Waals surface area contributed by atoms with Crippen LogP contribution in [0.25, 0.3) is 5.57 Å². The standard InChI is InChI=1S/C21H28N2O3/c1-25-18-10-9-15(13-22-16-7-3-2-4-8-16)19-17(14-24)21(26-20(18)19)23-11-5-6-12-23/h9-10,16,21-22H,2-8,11-13H2,1H3. The van der Waals surface area contributed by atoms with Crippen molar-refractivity contribution >= 4 is 11.5 Å². The van der Waals surface area contributed by atoms with Crippen LogP contribution in [-0.4, -0.2) is 43.3 Å². The molecular formula is C21H28N2O3. The maximum absolute atomic E-state index is 11.9. The van der Waals surface area contributed by atoms with Crippen molar-refractivity contribution in [2.75, 3.05) is 20.2 Å². The smallest absolute Gasteiger partial charge is 0.190 e. The highest BCUT2D eigenvalue weighted by atomic mass is 16.5. The Kier molecular flexibility index (Phi) is 5.30. The fourth-order valence-electron chi connectivity index (χ4n) is 4.51. The Hall–Kier alpha value is -1.81. The molecule has 0 spiro atoms. The lowest BCUT2D eigenvalue weighted by atomic mass is 9.94. The number of nitrogens with one attached hydrogen (secondary N) is 1. The Bertz CT molecular complexity index is 699. The second-order valence-electron chi connectivity index (χ2n) is 7.58. The summed E-state index contributed by atoms with van der Waals surface area (Å²) in [6.45, 7) is 2.67. The maximum atomic E-state index is 11.9. The average molecular weight is 356 g/mol. The van der Waals surface area contributed by atoms with E-state index in [1.165, 1.54) is 32.1 Å². The third kappa shape index (κ3) is 3.27. The summed E-state index contributed by atoms with van der Waals surface area (Å²) in [7, 11) is 1.65. The van der Waals surface area contributed by atoms with E-state index in [4.69, 9.17) is 9.47 Å². The van der Waals surface area contributed by atoms with E-state index in [1.54, 1.807) is 7.11 Å². The highest BCUT2D eigenvalue weighted by Gasteiger charge is 2.39. The molecule has 1 saturated heterocycles. The molecule has 4 rings (SSSR count). The summed E-state index contributed by atoms with van der Waals surface area (Å²) in [6.07, 6.45) is 8.40. The van der Waals surface area contributed by atoms with Gasteiger partial charge in [-0.2, -0.15) is 0 Å². The second kappa shape index (κ2) is 7.83. The lowest BCUT2D eigenvalue weighted by Crippen LogP contribution is -2.35. The number of likely N-dealkylation sites (tertiary alicyclic amines) is 1. The highest BCUT2D eigenvalue weighted by Crippen LogP contribution is 2.46. The van der Waals surface area contributed by atoms with Gasteiger partial charge in [0.05, 0.1) is 7.11 Å². The molecule has 1 aromatic carbocycles. The number of methoxy groups -OCH3 is 1. The van der Waals surface area contributed by atoms with Crippen molar-refractivity contribution in [2.24, 2.45) is 0 Å². The molecule has 1 aliphatic carbocycles. The molecule has 140 valence electrons. The van der Waals surface area contributed by atoms with Crippen LogP contribution in [-0.2, 0) is 11.3 Å². The van der Waals surface area contributed by atoms with Crippen LogP contribution in [0.5, 0.6) is 11.5 Å². The Morgan fingerprint density at radius 3 is 2.65 bits per heavy atom. The molecule has 0 radical (unpaired) electrons. The topological polar surface area (TPSA) is 50.8 Å². The number of fused-ring (bicyclic) bond motifs is 1. The second-order valence-corrected chi connectivity index (χ2v) is 7.58. The van der Waals surface area contributed by atoms with E-state index >= 15 is 0 Å². The quantitative estimate of drug-likeness (QED) is 0.822. The first-order chi connectivity index (χ1) is 12.8. The van der Waals surface area contributed by atoms with Gasteiger partial charge in [-0.25, -0.2) is 4.79 Å². The van der Waals surface area contributed by atoms with E-state index in [1.807, 2.05) is 6.07 Å². The van der Waals surface area contributed by atoms with Gasteiger partial charge in [0.1, 0.15) is 11.5 Å². The van der Waals surface area contributed by atoms with Crippen molar-refractivity contribution in [1.29, 1.82) is 0 Å². The van der Waals surface area contributed by atoms with Crippen LogP contribution < -0.4 is 14.8 Å². The summed E-state index contributed by atoms with van der Waals surface area (Å²) < 4.78 is 11.7. The number of rotatable bonds is 5. The summed E-state index contributed by atoms with van der Waals surface area (Å²) >= 11 is 0. The van der Waals surface area contributed by atoms with Gasteiger partial charge < -0.3 is 14.8 Å². The first-order valence-electron chi connectivity index (χ1n) is 9.91. The Morgan fingerprint density at radius 2 is 1.96 bits per heavy atom. The SMILES string of the molecule is COc1ccc(CNC2CCCCC2)c2c1OC(N1CCCC1)C2=C=O. The lowest BCUT2D eigenvalue weighted by Gasteiger charge is -2.23. The van der Waals surface area contributed by atoms with Crippen LogP contribution in [0.4, 0.5) is 0 Å². The van der Waals surface area contributed by atoms with E-state index in [-0.39, 0.29) is 6.23 Å². The van der Waals surface area contributed by atoms with E-state index in [0.717, 1.165) is 43.6 Å². The molecule has 26 heavy (non-hydrogen) atoms. The molecular weight excluding hydrogens is 328 g/mol. The summed E-state index contributed by atoms with van der Waals surface area (Å²) in [6, 6.07) is 4.58.